The van der Waals surface area contributed by atoms with Crippen molar-refractivity contribution in [3.05, 3.63) is 35.4 Å². The minimum atomic E-state index is 0.118. The number of halogens is 1. The molecule has 0 bridgehead atoms. The van der Waals surface area contributed by atoms with Crippen molar-refractivity contribution in [3.8, 4) is 0 Å². The number of rotatable bonds is 7. The number of hydrogen-bond donors (Lipinski definition) is 1. The molecule has 19 heavy (non-hydrogen) atoms. The lowest BCUT2D eigenvalue weighted by Crippen LogP contribution is -2.38. The summed E-state index contributed by atoms with van der Waals surface area (Å²) in [5.41, 5.74) is 2.49. The van der Waals surface area contributed by atoms with Gasteiger partial charge in [0.1, 0.15) is 0 Å². The van der Waals surface area contributed by atoms with Crippen molar-refractivity contribution in [2.45, 2.75) is 46.1 Å². The molecular formula is C16H24ClNO. The van der Waals surface area contributed by atoms with Crippen molar-refractivity contribution in [2.75, 3.05) is 5.88 Å². The van der Waals surface area contributed by atoms with E-state index < -0.39 is 0 Å². The molecule has 0 heterocycles. The molecule has 2 nitrogen and oxygen atoms in total. The quantitative estimate of drug-likeness (QED) is 0.759. The molecule has 1 aromatic carbocycles. The first-order chi connectivity index (χ1) is 9.04. The van der Waals surface area contributed by atoms with Crippen LogP contribution in [0.2, 0.25) is 0 Å². The van der Waals surface area contributed by atoms with Crippen LogP contribution in [0.4, 0.5) is 0 Å². The predicted molar refractivity (Wildman–Crippen MR) is 81.6 cm³/mol. The maximum absolute atomic E-state index is 12.0. The number of hydrogen-bond acceptors (Lipinski definition) is 1. The second-order valence-electron chi connectivity index (χ2n) is 5.32. The third-order valence-electron chi connectivity index (χ3n) is 3.45. The molecule has 0 aliphatic rings. The summed E-state index contributed by atoms with van der Waals surface area (Å²) in [6, 6.07) is 8.39. The molecule has 1 N–H and O–H groups in total. The Kier molecular flexibility index (Phi) is 6.93. The van der Waals surface area contributed by atoms with E-state index in [1.54, 1.807) is 0 Å². The van der Waals surface area contributed by atoms with Crippen molar-refractivity contribution in [3.63, 3.8) is 0 Å². The summed E-state index contributed by atoms with van der Waals surface area (Å²) < 4.78 is 0. The molecule has 0 saturated carbocycles. The van der Waals surface area contributed by atoms with Gasteiger partial charge in [-0.1, -0.05) is 38.1 Å². The maximum atomic E-state index is 12.0. The second-order valence-corrected chi connectivity index (χ2v) is 5.70. The highest BCUT2D eigenvalue weighted by molar-refractivity contribution is 6.17. The fourth-order valence-electron chi connectivity index (χ4n) is 2.11. The van der Waals surface area contributed by atoms with Crippen LogP contribution in [0.3, 0.4) is 0 Å². The van der Waals surface area contributed by atoms with Gasteiger partial charge in [-0.3, -0.25) is 4.79 Å². The lowest BCUT2D eigenvalue weighted by molar-refractivity contribution is -0.122. The Hall–Kier alpha value is -1.02. The highest BCUT2D eigenvalue weighted by atomic mass is 35.5. The Morgan fingerprint density at radius 2 is 2.00 bits per heavy atom. The van der Waals surface area contributed by atoms with Crippen molar-refractivity contribution < 1.29 is 4.79 Å². The third-order valence-corrected chi connectivity index (χ3v) is 3.67. The fourth-order valence-corrected chi connectivity index (χ4v) is 2.34. The van der Waals surface area contributed by atoms with Crippen LogP contribution in [0.15, 0.2) is 24.3 Å². The molecule has 0 aliphatic carbocycles. The van der Waals surface area contributed by atoms with E-state index in [1.165, 1.54) is 11.1 Å². The van der Waals surface area contributed by atoms with Crippen LogP contribution < -0.4 is 5.32 Å². The van der Waals surface area contributed by atoms with Gasteiger partial charge in [-0.05, 0) is 36.8 Å². The van der Waals surface area contributed by atoms with Crippen molar-refractivity contribution >= 4 is 17.5 Å². The number of carbonyl (C=O) groups is 1. The Morgan fingerprint density at radius 3 is 2.58 bits per heavy atom. The third kappa shape index (κ3) is 5.65. The van der Waals surface area contributed by atoms with Crippen LogP contribution in [-0.4, -0.2) is 17.8 Å². The van der Waals surface area contributed by atoms with Gasteiger partial charge in [0.2, 0.25) is 5.91 Å². The molecule has 1 unspecified atom stereocenters. The van der Waals surface area contributed by atoms with E-state index in [0.29, 0.717) is 18.2 Å². The minimum Gasteiger partial charge on any atom is -0.353 e. The zero-order chi connectivity index (χ0) is 14.3. The SMILES string of the molecule is Cc1ccccc1CCC(=O)NC(CCCl)C(C)C. The highest BCUT2D eigenvalue weighted by Crippen LogP contribution is 2.11. The molecule has 0 aliphatic heterocycles. The molecule has 1 amide bonds. The average Bonchev–Trinajstić information content (AvgIpc) is 2.37. The highest BCUT2D eigenvalue weighted by Gasteiger charge is 2.15. The largest absolute Gasteiger partial charge is 0.353 e. The Balaban J connectivity index is 2.45. The lowest BCUT2D eigenvalue weighted by atomic mass is 10.0. The lowest BCUT2D eigenvalue weighted by Gasteiger charge is -2.21. The number of alkyl halides is 1. The molecule has 0 saturated heterocycles. The summed E-state index contributed by atoms with van der Waals surface area (Å²) in [6.07, 6.45) is 2.16. The van der Waals surface area contributed by atoms with Crippen molar-refractivity contribution in [2.24, 2.45) is 5.92 Å². The molecule has 1 aromatic rings. The summed E-state index contributed by atoms with van der Waals surface area (Å²) in [7, 11) is 0. The van der Waals surface area contributed by atoms with Gasteiger partial charge in [-0.15, -0.1) is 11.6 Å². The van der Waals surface area contributed by atoms with Gasteiger partial charge in [-0.25, -0.2) is 0 Å². The molecule has 106 valence electrons. The number of aryl methyl sites for hydroxylation is 2. The Morgan fingerprint density at radius 1 is 1.32 bits per heavy atom. The number of benzene rings is 1. The summed E-state index contributed by atoms with van der Waals surface area (Å²) in [4.78, 5) is 12.0. The smallest absolute Gasteiger partial charge is 0.220 e. The molecule has 0 aromatic heterocycles. The van der Waals surface area contributed by atoms with Crippen LogP contribution in [0.5, 0.6) is 0 Å². The van der Waals surface area contributed by atoms with Crippen LogP contribution in [-0.2, 0) is 11.2 Å². The first-order valence-electron chi connectivity index (χ1n) is 6.94. The number of amides is 1. The average molecular weight is 282 g/mol. The van der Waals surface area contributed by atoms with Gasteiger partial charge in [0.25, 0.3) is 0 Å². The normalized spacial score (nSPS) is 12.5. The molecule has 1 rings (SSSR count). The second kappa shape index (κ2) is 8.21. The van der Waals surface area contributed by atoms with Crippen LogP contribution in [0.25, 0.3) is 0 Å². The first kappa shape index (κ1) is 16.0. The maximum Gasteiger partial charge on any atom is 0.220 e. The van der Waals surface area contributed by atoms with Gasteiger partial charge in [0.05, 0.1) is 0 Å². The van der Waals surface area contributed by atoms with Gasteiger partial charge in [0, 0.05) is 18.3 Å². The van der Waals surface area contributed by atoms with E-state index in [4.69, 9.17) is 11.6 Å². The molecule has 1 atom stereocenters. The van der Waals surface area contributed by atoms with E-state index in [0.717, 1.165) is 12.8 Å². The summed E-state index contributed by atoms with van der Waals surface area (Å²) in [5.74, 6) is 1.12. The molecule has 0 radical (unpaired) electrons. The molecule has 3 heteroatoms. The fraction of sp³-hybridized carbons (Fsp3) is 0.562. The van der Waals surface area contributed by atoms with Crippen molar-refractivity contribution in [1.29, 1.82) is 0 Å². The summed E-state index contributed by atoms with van der Waals surface area (Å²) in [6.45, 7) is 6.30. The van der Waals surface area contributed by atoms with Gasteiger partial charge < -0.3 is 5.32 Å². The Bertz CT molecular complexity index is 403. The van der Waals surface area contributed by atoms with E-state index in [-0.39, 0.29) is 11.9 Å². The van der Waals surface area contributed by atoms with Gasteiger partial charge in [0.15, 0.2) is 0 Å². The predicted octanol–water partition coefficient (Wildman–Crippen LogP) is 3.70. The van der Waals surface area contributed by atoms with Crippen LogP contribution in [0.1, 0.15) is 37.8 Å². The number of nitrogens with one attached hydrogen (secondary N) is 1. The van der Waals surface area contributed by atoms with E-state index >= 15 is 0 Å². The molecule has 0 fully saturated rings. The zero-order valence-corrected chi connectivity index (χ0v) is 12.8. The van der Waals surface area contributed by atoms with Crippen LogP contribution in [0, 0.1) is 12.8 Å². The standard InChI is InChI=1S/C16H24ClNO/c1-12(2)15(10-11-17)18-16(19)9-8-14-7-5-4-6-13(14)3/h4-7,12,15H,8-11H2,1-3H3,(H,18,19). The van der Waals surface area contributed by atoms with E-state index in [1.807, 2.05) is 12.1 Å². The number of carbonyl (C=O) groups excluding carboxylic acids is 1. The van der Waals surface area contributed by atoms with E-state index in [2.05, 4.69) is 38.2 Å². The first-order valence-corrected chi connectivity index (χ1v) is 7.48. The summed E-state index contributed by atoms with van der Waals surface area (Å²) in [5, 5.41) is 3.08. The molecule has 0 spiro atoms. The van der Waals surface area contributed by atoms with Gasteiger partial charge >= 0.3 is 0 Å². The molecular weight excluding hydrogens is 258 g/mol. The van der Waals surface area contributed by atoms with Gasteiger partial charge in [-0.2, -0.15) is 0 Å². The Labute approximate surface area is 121 Å². The monoisotopic (exact) mass is 281 g/mol. The topological polar surface area (TPSA) is 29.1 Å². The van der Waals surface area contributed by atoms with Crippen molar-refractivity contribution in [1.82, 2.24) is 5.32 Å². The van der Waals surface area contributed by atoms with Crippen LogP contribution >= 0.6 is 11.6 Å². The summed E-state index contributed by atoms with van der Waals surface area (Å²) >= 11 is 5.77. The van der Waals surface area contributed by atoms with E-state index in [9.17, 15) is 4.79 Å². The minimum absolute atomic E-state index is 0.118. The zero-order valence-electron chi connectivity index (χ0n) is 12.1.